The molecule has 88 valence electrons. The molecule has 1 saturated carbocycles. The van der Waals surface area contributed by atoms with Crippen LogP contribution in [0.1, 0.15) is 35.6 Å². The Bertz CT molecular complexity index is 371. The normalized spacial score (nSPS) is 16.2. The Morgan fingerprint density at radius 1 is 1.62 bits per heavy atom. The lowest BCUT2D eigenvalue weighted by atomic mass is 9.92. The van der Waals surface area contributed by atoms with Crippen LogP contribution in [0.15, 0.2) is 16.5 Å². The van der Waals surface area contributed by atoms with Crippen LogP contribution in [0.4, 0.5) is 0 Å². The van der Waals surface area contributed by atoms with E-state index in [2.05, 4.69) is 11.9 Å². The van der Waals surface area contributed by atoms with Crippen molar-refractivity contribution in [3.05, 3.63) is 23.7 Å². The highest BCUT2D eigenvalue weighted by Gasteiger charge is 2.22. The van der Waals surface area contributed by atoms with Gasteiger partial charge in [0.1, 0.15) is 5.76 Å². The summed E-state index contributed by atoms with van der Waals surface area (Å²) in [4.78, 5) is 13.4. The van der Waals surface area contributed by atoms with Gasteiger partial charge in [0.15, 0.2) is 5.76 Å². The van der Waals surface area contributed by atoms with Crippen LogP contribution in [0.3, 0.4) is 0 Å². The summed E-state index contributed by atoms with van der Waals surface area (Å²) in [6, 6.07) is 4.13. The van der Waals surface area contributed by atoms with E-state index in [0.29, 0.717) is 6.04 Å². The summed E-state index contributed by atoms with van der Waals surface area (Å²) in [6.07, 6.45) is 3.83. The van der Waals surface area contributed by atoms with Crippen LogP contribution in [-0.4, -0.2) is 23.9 Å². The summed E-state index contributed by atoms with van der Waals surface area (Å²) < 4.78 is 5.39. The summed E-state index contributed by atoms with van der Waals surface area (Å²) in [5.74, 6) is 5.69. The highest BCUT2D eigenvalue weighted by Crippen LogP contribution is 2.25. The third-order valence-corrected chi connectivity index (χ3v) is 3.12. The molecular weight excluding hydrogens is 206 g/mol. The molecule has 0 aliphatic heterocycles. The molecule has 1 aliphatic rings. The molecule has 5 heteroatoms. The zero-order valence-electron chi connectivity index (χ0n) is 9.40. The van der Waals surface area contributed by atoms with Gasteiger partial charge in [-0.1, -0.05) is 6.42 Å². The monoisotopic (exact) mass is 223 g/mol. The molecule has 0 radical (unpaired) electrons. The fraction of sp³-hybridized carbons (Fsp3) is 0.545. The summed E-state index contributed by atoms with van der Waals surface area (Å²) >= 11 is 0. The average Bonchev–Trinajstić information content (AvgIpc) is 2.62. The molecule has 0 saturated heterocycles. The smallest absolute Gasteiger partial charge is 0.300 e. The molecule has 1 fully saturated rings. The predicted octanol–water partition coefficient (Wildman–Crippen LogP) is 0.867. The van der Waals surface area contributed by atoms with Gasteiger partial charge in [-0.05, 0) is 32.0 Å². The van der Waals surface area contributed by atoms with Crippen LogP contribution in [0, 0.1) is 0 Å². The first-order valence-corrected chi connectivity index (χ1v) is 5.50. The number of rotatable bonds is 4. The molecule has 0 spiro atoms. The van der Waals surface area contributed by atoms with Crippen molar-refractivity contribution in [3.8, 4) is 0 Å². The van der Waals surface area contributed by atoms with Crippen molar-refractivity contribution in [2.75, 3.05) is 7.05 Å². The van der Waals surface area contributed by atoms with Crippen molar-refractivity contribution >= 4 is 5.91 Å². The molecule has 5 nitrogen and oxygen atoms in total. The van der Waals surface area contributed by atoms with Crippen molar-refractivity contribution in [2.45, 2.75) is 31.8 Å². The number of hydrogen-bond donors (Lipinski definition) is 2. The average molecular weight is 223 g/mol. The van der Waals surface area contributed by atoms with Gasteiger partial charge in [-0.3, -0.25) is 15.1 Å². The Morgan fingerprint density at radius 3 is 2.94 bits per heavy atom. The molecule has 0 aromatic carbocycles. The number of nitrogens with one attached hydrogen (secondary N) is 1. The molecule has 2 rings (SSSR count). The standard InChI is InChI=1S/C11H17N3O2/c1-14(8-3-2-4-8)7-9-5-6-10(16-9)11(15)13-12/h5-6,8H,2-4,7,12H2,1H3,(H,13,15). The van der Waals surface area contributed by atoms with Crippen LogP contribution in [0.2, 0.25) is 0 Å². The van der Waals surface area contributed by atoms with E-state index >= 15 is 0 Å². The molecule has 3 N–H and O–H groups in total. The number of amides is 1. The number of carbonyl (C=O) groups is 1. The highest BCUT2D eigenvalue weighted by molar-refractivity contribution is 5.90. The van der Waals surface area contributed by atoms with Crippen LogP contribution in [0.5, 0.6) is 0 Å². The lowest BCUT2D eigenvalue weighted by Crippen LogP contribution is -2.36. The zero-order chi connectivity index (χ0) is 11.5. The van der Waals surface area contributed by atoms with E-state index in [1.54, 1.807) is 6.07 Å². The Hall–Kier alpha value is -1.33. The van der Waals surface area contributed by atoms with Crippen LogP contribution >= 0.6 is 0 Å². The van der Waals surface area contributed by atoms with E-state index < -0.39 is 5.91 Å². The second-order valence-electron chi connectivity index (χ2n) is 4.24. The first kappa shape index (κ1) is 11.2. The number of hydrogen-bond acceptors (Lipinski definition) is 4. The van der Waals surface area contributed by atoms with Gasteiger partial charge in [0.2, 0.25) is 0 Å². The number of nitrogen functional groups attached to an aromatic ring is 1. The predicted molar refractivity (Wildman–Crippen MR) is 59.5 cm³/mol. The van der Waals surface area contributed by atoms with Gasteiger partial charge in [0.05, 0.1) is 6.54 Å². The second-order valence-corrected chi connectivity index (χ2v) is 4.24. The number of nitrogens with two attached hydrogens (primary N) is 1. The molecule has 1 aromatic rings. The van der Waals surface area contributed by atoms with Gasteiger partial charge in [-0.25, -0.2) is 5.84 Å². The lowest BCUT2D eigenvalue weighted by Gasteiger charge is -2.34. The molecule has 0 atom stereocenters. The van der Waals surface area contributed by atoms with Gasteiger partial charge < -0.3 is 4.42 Å². The second kappa shape index (κ2) is 4.67. The van der Waals surface area contributed by atoms with E-state index in [1.807, 2.05) is 11.5 Å². The zero-order valence-corrected chi connectivity index (χ0v) is 9.40. The van der Waals surface area contributed by atoms with E-state index in [4.69, 9.17) is 10.3 Å². The largest absolute Gasteiger partial charge is 0.455 e. The first-order valence-electron chi connectivity index (χ1n) is 5.50. The molecule has 0 unspecified atom stereocenters. The molecule has 1 aliphatic carbocycles. The van der Waals surface area contributed by atoms with Gasteiger partial charge in [0.25, 0.3) is 0 Å². The minimum absolute atomic E-state index is 0.263. The molecule has 16 heavy (non-hydrogen) atoms. The molecule has 1 aromatic heterocycles. The third kappa shape index (κ3) is 2.25. The van der Waals surface area contributed by atoms with Crippen LogP contribution in [0.25, 0.3) is 0 Å². The quantitative estimate of drug-likeness (QED) is 0.451. The summed E-state index contributed by atoms with van der Waals surface area (Å²) in [5.41, 5.74) is 2.05. The SMILES string of the molecule is CN(Cc1ccc(C(=O)NN)o1)C1CCC1. The highest BCUT2D eigenvalue weighted by atomic mass is 16.4. The number of nitrogens with zero attached hydrogens (tertiary/aromatic N) is 1. The van der Waals surface area contributed by atoms with Crippen molar-refractivity contribution in [1.82, 2.24) is 10.3 Å². The summed E-state index contributed by atoms with van der Waals surface area (Å²) in [7, 11) is 2.08. The summed E-state index contributed by atoms with van der Waals surface area (Å²) in [6.45, 7) is 0.739. The number of carbonyl (C=O) groups excluding carboxylic acids is 1. The maximum Gasteiger partial charge on any atom is 0.300 e. The summed E-state index contributed by atoms with van der Waals surface area (Å²) in [5, 5.41) is 0. The van der Waals surface area contributed by atoms with E-state index in [-0.39, 0.29) is 5.76 Å². The molecule has 1 heterocycles. The Balaban J connectivity index is 1.93. The first-order chi connectivity index (χ1) is 7.70. The van der Waals surface area contributed by atoms with Crippen LogP contribution in [-0.2, 0) is 6.54 Å². The van der Waals surface area contributed by atoms with E-state index in [9.17, 15) is 4.79 Å². The van der Waals surface area contributed by atoms with Crippen molar-refractivity contribution in [3.63, 3.8) is 0 Å². The maximum atomic E-state index is 11.2. The van der Waals surface area contributed by atoms with Gasteiger partial charge in [-0.2, -0.15) is 0 Å². The lowest BCUT2D eigenvalue weighted by molar-refractivity contribution is 0.0918. The fourth-order valence-corrected chi connectivity index (χ4v) is 1.86. The number of furan rings is 1. The van der Waals surface area contributed by atoms with Crippen molar-refractivity contribution < 1.29 is 9.21 Å². The van der Waals surface area contributed by atoms with E-state index in [0.717, 1.165) is 12.3 Å². The van der Waals surface area contributed by atoms with Gasteiger partial charge >= 0.3 is 5.91 Å². The number of hydrazine groups is 1. The minimum atomic E-state index is -0.391. The van der Waals surface area contributed by atoms with Crippen molar-refractivity contribution in [1.29, 1.82) is 0 Å². The van der Waals surface area contributed by atoms with E-state index in [1.165, 1.54) is 19.3 Å². The molecule has 1 amide bonds. The fourth-order valence-electron chi connectivity index (χ4n) is 1.86. The third-order valence-electron chi connectivity index (χ3n) is 3.12. The Kier molecular flexibility index (Phi) is 3.26. The molecule has 0 bridgehead atoms. The Morgan fingerprint density at radius 2 is 2.38 bits per heavy atom. The van der Waals surface area contributed by atoms with Crippen LogP contribution < -0.4 is 11.3 Å². The Labute approximate surface area is 94.6 Å². The maximum absolute atomic E-state index is 11.2. The molecular formula is C11H17N3O2. The minimum Gasteiger partial charge on any atom is -0.455 e. The van der Waals surface area contributed by atoms with Gasteiger partial charge in [0, 0.05) is 6.04 Å². The van der Waals surface area contributed by atoms with Crippen molar-refractivity contribution in [2.24, 2.45) is 5.84 Å². The topological polar surface area (TPSA) is 71.5 Å². The van der Waals surface area contributed by atoms with Gasteiger partial charge in [-0.15, -0.1) is 0 Å².